The molecule has 0 spiro atoms. The van der Waals surface area contributed by atoms with Crippen molar-refractivity contribution in [2.24, 2.45) is 5.92 Å². The fourth-order valence-electron chi connectivity index (χ4n) is 4.10. The highest BCUT2D eigenvalue weighted by Crippen LogP contribution is 2.36. The van der Waals surface area contributed by atoms with Crippen molar-refractivity contribution in [3.05, 3.63) is 64.7 Å². The first-order valence-corrected chi connectivity index (χ1v) is 10.7. The molecule has 3 atom stereocenters. The maximum atomic E-state index is 12.7. The molecule has 0 aliphatic heterocycles. The number of rotatable bonds is 7. The molecule has 1 aliphatic rings. The summed E-state index contributed by atoms with van der Waals surface area (Å²) in [6.45, 7) is 1.73. The molecule has 0 unspecified atom stereocenters. The van der Waals surface area contributed by atoms with Crippen LogP contribution in [0.2, 0.25) is 5.02 Å². The van der Waals surface area contributed by atoms with Crippen LogP contribution in [0.3, 0.4) is 0 Å². The van der Waals surface area contributed by atoms with E-state index in [1.165, 1.54) is 11.6 Å². The van der Waals surface area contributed by atoms with Gasteiger partial charge in [0.1, 0.15) is 5.75 Å². The number of hydrogen-bond donors (Lipinski definition) is 2. The number of phenols is 1. The molecule has 0 radical (unpaired) electrons. The Balaban J connectivity index is 1.51. The Morgan fingerprint density at radius 1 is 1.17 bits per heavy atom. The zero-order chi connectivity index (χ0) is 20.8. The number of benzene rings is 2. The SMILES string of the molecule is C[C@H](NC(=O)[C@@H]1CCC[C@H](c2ccccc2)C1)C(=O)CCc1cc(Cl)ccc1O. The van der Waals surface area contributed by atoms with Crippen LogP contribution in [0.25, 0.3) is 0 Å². The first-order valence-electron chi connectivity index (χ1n) is 10.3. The zero-order valence-electron chi connectivity index (χ0n) is 16.7. The molecule has 2 aromatic carbocycles. The number of carbonyl (C=O) groups excluding carboxylic acids is 2. The van der Waals surface area contributed by atoms with Crippen LogP contribution in [-0.2, 0) is 16.0 Å². The Bertz CT molecular complexity index is 852. The van der Waals surface area contributed by atoms with Crippen molar-refractivity contribution >= 4 is 23.3 Å². The molecule has 0 saturated heterocycles. The third-order valence-electron chi connectivity index (χ3n) is 5.84. The fourth-order valence-corrected chi connectivity index (χ4v) is 4.29. The van der Waals surface area contributed by atoms with Crippen LogP contribution >= 0.6 is 11.6 Å². The summed E-state index contributed by atoms with van der Waals surface area (Å²) in [6.07, 6.45) is 4.45. The molecule has 29 heavy (non-hydrogen) atoms. The lowest BCUT2D eigenvalue weighted by Gasteiger charge is -2.29. The third-order valence-corrected chi connectivity index (χ3v) is 6.08. The number of aromatic hydroxyl groups is 1. The maximum Gasteiger partial charge on any atom is 0.223 e. The van der Waals surface area contributed by atoms with E-state index >= 15 is 0 Å². The van der Waals surface area contributed by atoms with E-state index in [9.17, 15) is 14.7 Å². The molecule has 3 rings (SSSR count). The monoisotopic (exact) mass is 413 g/mol. The van der Waals surface area contributed by atoms with E-state index in [0.717, 1.165) is 25.7 Å². The molecule has 1 aliphatic carbocycles. The first kappa shape index (κ1) is 21.4. The Kier molecular flexibility index (Phi) is 7.32. The van der Waals surface area contributed by atoms with E-state index in [2.05, 4.69) is 17.4 Å². The predicted molar refractivity (Wildman–Crippen MR) is 115 cm³/mol. The Hall–Kier alpha value is -2.33. The van der Waals surface area contributed by atoms with Gasteiger partial charge in [-0.1, -0.05) is 48.4 Å². The summed E-state index contributed by atoms with van der Waals surface area (Å²) in [5.74, 6) is 0.400. The molecule has 5 heteroatoms. The third kappa shape index (κ3) is 5.83. The number of nitrogens with one attached hydrogen (secondary N) is 1. The van der Waals surface area contributed by atoms with Crippen LogP contribution in [0.1, 0.15) is 56.1 Å². The van der Waals surface area contributed by atoms with Crippen molar-refractivity contribution in [3.63, 3.8) is 0 Å². The zero-order valence-corrected chi connectivity index (χ0v) is 17.5. The van der Waals surface area contributed by atoms with Gasteiger partial charge in [0, 0.05) is 17.4 Å². The topological polar surface area (TPSA) is 66.4 Å². The highest BCUT2D eigenvalue weighted by atomic mass is 35.5. The quantitative estimate of drug-likeness (QED) is 0.669. The van der Waals surface area contributed by atoms with Crippen molar-refractivity contribution in [2.75, 3.05) is 0 Å². The van der Waals surface area contributed by atoms with E-state index in [1.54, 1.807) is 19.1 Å². The Morgan fingerprint density at radius 3 is 2.69 bits per heavy atom. The number of aryl methyl sites for hydroxylation is 1. The number of ketones is 1. The number of phenolic OH excluding ortho intramolecular Hbond substituents is 1. The number of hydrogen-bond acceptors (Lipinski definition) is 3. The summed E-state index contributed by atoms with van der Waals surface area (Å²) >= 11 is 5.95. The Morgan fingerprint density at radius 2 is 1.93 bits per heavy atom. The molecule has 1 fully saturated rings. The summed E-state index contributed by atoms with van der Waals surface area (Å²) in [6, 6.07) is 14.6. The van der Waals surface area contributed by atoms with Gasteiger partial charge in [-0.2, -0.15) is 0 Å². The van der Waals surface area contributed by atoms with Gasteiger partial charge in [-0.3, -0.25) is 9.59 Å². The van der Waals surface area contributed by atoms with Gasteiger partial charge in [0.2, 0.25) is 5.91 Å². The van der Waals surface area contributed by atoms with Crippen molar-refractivity contribution in [2.45, 2.75) is 57.4 Å². The van der Waals surface area contributed by atoms with Crippen molar-refractivity contribution in [1.82, 2.24) is 5.32 Å². The lowest BCUT2D eigenvalue weighted by atomic mass is 9.77. The number of amides is 1. The van der Waals surface area contributed by atoms with Gasteiger partial charge in [0.15, 0.2) is 5.78 Å². The first-order chi connectivity index (χ1) is 13.9. The summed E-state index contributed by atoms with van der Waals surface area (Å²) in [5, 5.41) is 13.3. The molecule has 154 valence electrons. The number of Topliss-reactive ketones (excluding diaryl/α,β-unsaturated/α-hetero) is 1. The maximum absolute atomic E-state index is 12.7. The molecule has 2 N–H and O–H groups in total. The number of carbonyl (C=O) groups is 2. The van der Waals surface area contributed by atoms with Gasteiger partial charge in [-0.15, -0.1) is 0 Å². The van der Waals surface area contributed by atoms with Crippen LogP contribution in [0, 0.1) is 5.92 Å². The molecule has 2 aromatic rings. The van der Waals surface area contributed by atoms with Crippen molar-refractivity contribution in [1.29, 1.82) is 0 Å². The van der Waals surface area contributed by atoms with Crippen molar-refractivity contribution < 1.29 is 14.7 Å². The predicted octanol–water partition coefficient (Wildman–Crippen LogP) is 5.03. The van der Waals surface area contributed by atoms with Gasteiger partial charge >= 0.3 is 0 Å². The van der Waals surface area contributed by atoms with Crippen LogP contribution in [0.4, 0.5) is 0 Å². The van der Waals surface area contributed by atoms with Gasteiger partial charge < -0.3 is 10.4 Å². The minimum atomic E-state index is -0.541. The van der Waals surface area contributed by atoms with Gasteiger partial charge in [-0.25, -0.2) is 0 Å². The summed E-state index contributed by atoms with van der Waals surface area (Å²) < 4.78 is 0. The molecular weight excluding hydrogens is 386 g/mol. The van der Waals surface area contributed by atoms with Crippen molar-refractivity contribution in [3.8, 4) is 5.75 Å². The van der Waals surface area contributed by atoms with E-state index < -0.39 is 6.04 Å². The second-order valence-corrected chi connectivity index (χ2v) is 8.38. The second kappa shape index (κ2) is 9.93. The average molecular weight is 414 g/mol. The standard InChI is InChI=1S/C24H28ClNO3/c1-16(22(27)12-10-19-15-21(25)11-13-23(19)28)26-24(29)20-9-5-8-18(14-20)17-6-3-2-4-7-17/h2-4,6-7,11,13,15-16,18,20,28H,5,8-10,12,14H2,1H3,(H,26,29)/t16-,18-,20+/m0/s1. The van der Waals surface area contributed by atoms with Gasteiger partial charge in [0.25, 0.3) is 0 Å². The minimum Gasteiger partial charge on any atom is -0.508 e. The lowest BCUT2D eigenvalue weighted by molar-refractivity contribution is -0.130. The van der Waals surface area contributed by atoms with Gasteiger partial charge in [-0.05, 0) is 67.9 Å². The number of halogens is 1. The van der Waals surface area contributed by atoms with Crippen LogP contribution in [0.15, 0.2) is 48.5 Å². The van der Waals surface area contributed by atoms with Gasteiger partial charge in [0.05, 0.1) is 6.04 Å². The summed E-state index contributed by atoms with van der Waals surface area (Å²) in [5.41, 5.74) is 1.93. The molecular formula is C24H28ClNO3. The average Bonchev–Trinajstić information content (AvgIpc) is 2.74. The smallest absolute Gasteiger partial charge is 0.223 e. The van der Waals surface area contributed by atoms with Crippen LogP contribution < -0.4 is 5.32 Å². The molecule has 0 aromatic heterocycles. The van der Waals surface area contributed by atoms with E-state index in [0.29, 0.717) is 22.9 Å². The molecule has 1 amide bonds. The summed E-state index contributed by atoms with van der Waals surface area (Å²) in [7, 11) is 0. The highest BCUT2D eigenvalue weighted by molar-refractivity contribution is 6.30. The normalized spacial score (nSPS) is 20.1. The van der Waals surface area contributed by atoms with Crippen LogP contribution in [0.5, 0.6) is 5.75 Å². The second-order valence-electron chi connectivity index (χ2n) is 7.94. The van der Waals surface area contributed by atoms with E-state index in [-0.39, 0.29) is 29.8 Å². The van der Waals surface area contributed by atoms with E-state index in [4.69, 9.17) is 11.6 Å². The molecule has 1 saturated carbocycles. The fraction of sp³-hybridized carbons (Fsp3) is 0.417. The largest absolute Gasteiger partial charge is 0.508 e. The Labute approximate surface area is 177 Å². The minimum absolute atomic E-state index is 0.0305. The lowest BCUT2D eigenvalue weighted by Crippen LogP contribution is -2.42. The van der Waals surface area contributed by atoms with E-state index in [1.807, 2.05) is 18.2 Å². The molecule has 4 nitrogen and oxygen atoms in total. The van der Waals surface area contributed by atoms with Crippen LogP contribution in [-0.4, -0.2) is 22.8 Å². The molecule has 0 bridgehead atoms. The summed E-state index contributed by atoms with van der Waals surface area (Å²) in [4.78, 5) is 25.2. The highest BCUT2D eigenvalue weighted by Gasteiger charge is 2.29. The molecule has 0 heterocycles.